The number of benzene rings is 1. The van der Waals surface area contributed by atoms with E-state index in [0.29, 0.717) is 43.9 Å². The van der Waals surface area contributed by atoms with Crippen LogP contribution in [-0.2, 0) is 17.5 Å². The first kappa shape index (κ1) is 24.8. The SMILES string of the molecule is CN=C(NCc1ccc(N2CCOCC2)cc1C(F)(F)F)NC(C)C(C)C.I. The molecule has 5 nitrogen and oxygen atoms in total. The molecule has 0 radical (unpaired) electrons. The van der Waals surface area contributed by atoms with Crippen molar-refractivity contribution < 1.29 is 17.9 Å². The number of nitrogens with zero attached hydrogens (tertiary/aromatic N) is 2. The van der Waals surface area contributed by atoms with Crippen LogP contribution >= 0.6 is 24.0 Å². The minimum Gasteiger partial charge on any atom is -0.378 e. The minimum atomic E-state index is -4.42. The molecule has 1 aliphatic heterocycles. The van der Waals surface area contributed by atoms with E-state index in [1.807, 2.05) is 11.8 Å². The van der Waals surface area contributed by atoms with Crippen molar-refractivity contribution in [3.05, 3.63) is 29.3 Å². The molecular weight excluding hydrogens is 484 g/mol. The molecule has 1 fully saturated rings. The van der Waals surface area contributed by atoms with Crippen LogP contribution in [0.2, 0.25) is 0 Å². The monoisotopic (exact) mass is 514 g/mol. The number of aliphatic imine (C=N–C) groups is 1. The first-order valence-electron chi connectivity index (χ1n) is 9.22. The molecule has 1 saturated heterocycles. The molecule has 1 unspecified atom stereocenters. The van der Waals surface area contributed by atoms with E-state index in [9.17, 15) is 13.2 Å². The highest BCUT2D eigenvalue weighted by molar-refractivity contribution is 14.0. The van der Waals surface area contributed by atoms with Gasteiger partial charge < -0.3 is 20.3 Å². The summed E-state index contributed by atoms with van der Waals surface area (Å²) >= 11 is 0. The lowest BCUT2D eigenvalue weighted by Crippen LogP contribution is -2.44. The van der Waals surface area contributed by atoms with Gasteiger partial charge in [-0.2, -0.15) is 13.2 Å². The van der Waals surface area contributed by atoms with Crippen molar-refractivity contribution in [2.75, 3.05) is 38.3 Å². The summed E-state index contributed by atoms with van der Waals surface area (Å²) in [4.78, 5) is 6.02. The first-order chi connectivity index (χ1) is 12.7. The highest BCUT2D eigenvalue weighted by atomic mass is 127. The second-order valence-electron chi connectivity index (χ2n) is 7.04. The number of anilines is 1. The molecule has 0 spiro atoms. The molecule has 2 N–H and O–H groups in total. The molecular formula is C19H30F3IN4O. The molecule has 0 aromatic heterocycles. The summed E-state index contributed by atoms with van der Waals surface area (Å²) in [5.74, 6) is 0.865. The highest BCUT2D eigenvalue weighted by Crippen LogP contribution is 2.35. The maximum absolute atomic E-state index is 13.6. The molecule has 1 aliphatic rings. The van der Waals surface area contributed by atoms with Crippen LogP contribution in [0.4, 0.5) is 18.9 Å². The fourth-order valence-corrected chi connectivity index (χ4v) is 2.76. The van der Waals surface area contributed by atoms with Gasteiger partial charge in [0.05, 0.1) is 18.8 Å². The van der Waals surface area contributed by atoms with Crippen molar-refractivity contribution in [3.8, 4) is 0 Å². The number of hydrogen-bond acceptors (Lipinski definition) is 3. The molecule has 1 atom stereocenters. The summed E-state index contributed by atoms with van der Waals surface area (Å²) in [7, 11) is 1.61. The summed E-state index contributed by atoms with van der Waals surface area (Å²) in [6.45, 7) is 8.44. The normalized spacial score (nSPS) is 16.6. The van der Waals surface area contributed by atoms with Gasteiger partial charge in [0.15, 0.2) is 5.96 Å². The van der Waals surface area contributed by atoms with Gasteiger partial charge in [0.2, 0.25) is 0 Å². The number of guanidine groups is 1. The van der Waals surface area contributed by atoms with Crippen molar-refractivity contribution in [1.29, 1.82) is 0 Å². The Labute approximate surface area is 182 Å². The number of hydrogen-bond donors (Lipinski definition) is 2. The van der Waals surface area contributed by atoms with Crippen LogP contribution in [0.5, 0.6) is 0 Å². The fraction of sp³-hybridized carbons (Fsp3) is 0.632. The molecule has 2 rings (SSSR count). The Morgan fingerprint density at radius 1 is 1.21 bits per heavy atom. The molecule has 28 heavy (non-hydrogen) atoms. The van der Waals surface area contributed by atoms with Gasteiger partial charge in [-0.3, -0.25) is 4.99 Å². The maximum atomic E-state index is 13.6. The third-order valence-electron chi connectivity index (χ3n) is 4.81. The minimum absolute atomic E-state index is 0. The topological polar surface area (TPSA) is 48.9 Å². The summed E-state index contributed by atoms with van der Waals surface area (Å²) in [6.07, 6.45) is -4.42. The van der Waals surface area contributed by atoms with Crippen LogP contribution in [-0.4, -0.2) is 45.4 Å². The third-order valence-corrected chi connectivity index (χ3v) is 4.81. The largest absolute Gasteiger partial charge is 0.416 e. The van der Waals surface area contributed by atoms with E-state index < -0.39 is 11.7 Å². The quantitative estimate of drug-likeness (QED) is 0.356. The van der Waals surface area contributed by atoms with E-state index in [1.54, 1.807) is 19.2 Å². The summed E-state index contributed by atoms with van der Waals surface area (Å²) in [5, 5.41) is 6.18. The van der Waals surface area contributed by atoms with Gasteiger partial charge in [0.25, 0.3) is 0 Å². The lowest BCUT2D eigenvalue weighted by Gasteiger charge is -2.30. The Kier molecular flexibility index (Phi) is 9.82. The predicted molar refractivity (Wildman–Crippen MR) is 118 cm³/mol. The molecule has 1 aromatic carbocycles. The number of rotatable bonds is 5. The van der Waals surface area contributed by atoms with Crippen LogP contribution in [0.25, 0.3) is 0 Å². The van der Waals surface area contributed by atoms with E-state index in [-0.39, 0.29) is 42.1 Å². The second kappa shape index (κ2) is 11.1. The zero-order chi connectivity index (χ0) is 20.0. The number of ether oxygens (including phenoxy) is 1. The van der Waals surface area contributed by atoms with Gasteiger partial charge in [-0.15, -0.1) is 24.0 Å². The lowest BCUT2D eigenvalue weighted by molar-refractivity contribution is -0.138. The number of alkyl halides is 3. The maximum Gasteiger partial charge on any atom is 0.416 e. The number of halogens is 4. The Bertz CT molecular complexity index is 647. The van der Waals surface area contributed by atoms with Crippen LogP contribution in [0.3, 0.4) is 0 Å². The average Bonchev–Trinajstić information content (AvgIpc) is 2.64. The van der Waals surface area contributed by atoms with Crippen molar-refractivity contribution >= 4 is 35.6 Å². The molecule has 0 bridgehead atoms. The lowest BCUT2D eigenvalue weighted by atomic mass is 10.0. The van der Waals surface area contributed by atoms with Gasteiger partial charge in [0.1, 0.15) is 0 Å². The Morgan fingerprint density at radius 2 is 1.86 bits per heavy atom. The van der Waals surface area contributed by atoms with Crippen LogP contribution in [0.15, 0.2) is 23.2 Å². The van der Waals surface area contributed by atoms with E-state index in [2.05, 4.69) is 29.5 Å². The van der Waals surface area contributed by atoms with Crippen molar-refractivity contribution in [1.82, 2.24) is 10.6 Å². The van der Waals surface area contributed by atoms with E-state index >= 15 is 0 Å². The molecule has 0 aliphatic carbocycles. The third kappa shape index (κ3) is 6.98. The summed E-state index contributed by atoms with van der Waals surface area (Å²) < 4.78 is 46.1. The molecule has 1 aromatic rings. The standard InChI is InChI=1S/C19H29F3N4O.HI/c1-13(2)14(3)25-18(23-4)24-12-15-5-6-16(11-17(15)19(20,21)22)26-7-9-27-10-8-26;/h5-6,11,13-14H,7-10,12H2,1-4H3,(H2,23,24,25);1H. The molecule has 0 saturated carbocycles. The molecule has 160 valence electrons. The fourth-order valence-electron chi connectivity index (χ4n) is 2.76. The Balaban J connectivity index is 0.00000392. The summed E-state index contributed by atoms with van der Waals surface area (Å²) in [5.41, 5.74) is 0.149. The zero-order valence-corrected chi connectivity index (χ0v) is 19.1. The van der Waals surface area contributed by atoms with E-state index in [0.717, 1.165) is 0 Å². The van der Waals surface area contributed by atoms with Gasteiger partial charge in [0, 0.05) is 38.4 Å². The van der Waals surface area contributed by atoms with Crippen LogP contribution in [0, 0.1) is 5.92 Å². The molecule has 0 amide bonds. The van der Waals surface area contributed by atoms with Gasteiger partial charge >= 0.3 is 6.18 Å². The highest BCUT2D eigenvalue weighted by Gasteiger charge is 2.34. The van der Waals surface area contributed by atoms with Crippen LogP contribution in [0.1, 0.15) is 31.9 Å². The molecule has 1 heterocycles. The van der Waals surface area contributed by atoms with Crippen molar-refractivity contribution in [2.24, 2.45) is 10.9 Å². The Hall–Kier alpha value is -1.23. The summed E-state index contributed by atoms with van der Waals surface area (Å²) in [6, 6.07) is 4.67. The number of morpholine rings is 1. The van der Waals surface area contributed by atoms with Gasteiger partial charge in [-0.1, -0.05) is 19.9 Å². The second-order valence-corrected chi connectivity index (χ2v) is 7.04. The molecule has 9 heteroatoms. The van der Waals surface area contributed by atoms with Crippen LogP contribution < -0.4 is 15.5 Å². The van der Waals surface area contributed by atoms with E-state index in [4.69, 9.17) is 4.74 Å². The van der Waals surface area contributed by atoms with Crippen molar-refractivity contribution in [2.45, 2.75) is 39.5 Å². The average molecular weight is 514 g/mol. The Morgan fingerprint density at radius 3 is 2.39 bits per heavy atom. The number of nitrogens with one attached hydrogen (secondary N) is 2. The zero-order valence-electron chi connectivity index (χ0n) is 16.8. The van der Waals surface area contributed by atoms with Gasteiger partial charge in [-0.05, 0) is 30.5 Å². The van der Waals surface area contributed by atoms with Crippen molar-refractivity contribution in [3.63, 3.8) is 0 Å². The first-order valence-corrected chi connectivity index (χ1v) is 9.22. The van der Waals surface area contributed by atoms with Gasteiger partial charge in [-0.25, -0.2) is 0 Å². The predicted octanol–water partition coefficient (Wildman–Crippen LogP) is 3.87. The van der Waals surface area contributed by atoms with E-state index in [1.165, 1.54) is 6.07 Å². The smallest absolute Gasteiger partial charge is 0.378 e.